The Morgan fingerprint density at radius 2 is 1.70 bits per heavy atom. The third-order valence-electron chi connectivity index (χ3n) is 4.49. The van der Waals surface area contributed by atoms with Crippen molar-refractivity contribution < 1.29 is 19.0 Å². The normalized spacial score (nSPS) is 25.9. The van der Waals surface area contributed by atoms with Gasteiger partial charge in [-0.05, 0) is 31.0 Å². The number of hydrogen-bond acceptors (Lipinski definition) is 5. The van der Waals surface area contributed by atoms with Crippen molar-refractivity contribution >= 4 is 18.4 Å². The minimum Gasteiger partial charge on any atom is -0.484 e. The number of benzene rings is 2. The summed E-state index contributed by atoms with van der Waals surface area (Å²) in [6.07, 6.45) is -0.0946. The summed E-state index contributed by atoms with van der Waals surface area (Å²) in [5.74, 6) is 0.300. The maximum absolute atomic E-state index is 12.1. The molecule has 2 aromatic rings. The number of carbonyl (C=O) groups is 1. The monoisotopic (exact) mass is 391 g/mol. The number of ether oxygens (including phenoxy) is 3. The van der Waals surface area contributed by atoms with Crippen LogP contribution in [0.5, 0.6) is 5.75 Å². The SMILES string of the molecule is C[C@@H]1OC(=O)[C@@H](N)CCO[C@H](Cc2ccccc2)[C@H]1Oc1ccccc1.Cl. The largest absolute Gasteiger partial charge is 0.484 e. The van der Waals surface area contributed by atoms with E-state index >= 15 is 0 Å². The average Bonchev–Trinajstić information content (AvgIpc) is 2.70. The molecule has 0 unspecified atom stereocenters. The van der Waals surface area contributed by atoms with E-state index in [4.69, 9.17) is 19.9 Å². The number of carbonyl (C=O) groups excluding carboxylic acids is 1. The zero-order valence-corrected chi connectivity index (χ0v) is 16.1. The van der Waals surface area contributed by atoms with E-state index in [0.717, 1.165) is 5.56 Å². The molecule has 0 spiro atoms. The topological polar surface area (TPSA) is 70.8 Å². The first kappa shape index (κ1) is 21.2. The minimum absolute atomic E-state index is 0. The van der Waals surface area contributed by atoms with Crippen LogP contribution < -0.4 is 10.5 Å². The summed E-state index contributed by atoms with van der Waals surface area (Å²) in [6.45, 7) is 2.21. The smallest absolute Gasteiger partial charge is 0.323 e. The van der Waals surface area contributed by atoms with Gasteiger partial charge in [-0.25, -0.2) is 0 Å². The Labute approximate surface area is 166 Å². The summed E-state index contributed by atoms with van der Waals surface area (Å²) < 4.78 is 17.9. The van der Waals surface area contributed by atoms with Crippen LogP contribution in [0.15, 0.2) is 60.7 Å². The van der Waals surface area contributed by atoms with E-state index in [1.807, 2.05) is 55.5 Å². The van der Waals surface area contributed by atoms with Crippen molar-refractivity contribution in [2.45, 2.75) is 44.1 Å². The Balaban J connectivity index is 0.00000261. The minimum atomic E-state index is -0.676. The predicted octanol–water partition coefficient (Wildman–Crippen LogP) is 3.15. The summed E-state index contributed by atoms with van der Waals surface area (Å²) in [5, 5.41) is 0. The molecule has 3 rings (SSSR count). The van der Waals surface area contributed by atoms with Crippen molar-refractivity contribution in [3.05, 3.63) is 66.2 Å². The number of rotatable bonds is 4. The van der Waals surface area contributed by atoms with Gasteiger partial charge in [0.2, 0.25) is 0 Å². The quantitative estimate of drug-likeness (QED) is 0.810. The van der Waals surface area contributed by atoms with Gasteiger partial charge in [-0.15, -0.1) is 12.4 Å². The van der Waals surface area contributed by atoms with Crippen molar-refractivity contribution in [1.29, 1.82) is 0 Å². The highest BCUT2D eigenvalue weighted by Crippen LogP contribution is 2.22. The zero-order valence-electron chi connectivity index (χ0n) is 15.3. The van der Waals surface area contributed by atoms with E-state index in [9.17, 15) is 4.79 Å². The summed E-state index contributed by atoms with van der Waals surface area (Å²) in [6, 6.07) is 18.9. The van der Waals surface area contributed by atoms with Crippen molar-refractivity contribution in [2.75, 3.05) is 6.61 Å². The fraction of sp³-hybridized carbons (Fsp3) is 0.381. The van der Waals surface area contributed by atoms with Gasteiger partial charge in [0, 0.05) is 13.0 Å². The van der Waals surface area contributed by atoms with Crippen LogP contribution in [0.2, 0.25) is 0 Å². The van der Waals surface area contributed by atoms with Gasteiger partial charge in [0.1, 0.15) is 24.0 Å². The Hall–Kier alpha value is -2.08. The molecule has 1 aliphatic rings. The maximum Gasteiger partial charge on any atom is 0.323 e. The van der Waals surface area contributed by atoms with Crippen LogP contribution in [0.1, 0.15) is 18.9 Å². The van der Waals surface area contributed by atoms with Crippen LogP contribution in [0.3, 0.4) is 0 Å². The Morgan fingerprint density at radius 1 is 1.07 bits per heavy atom. The molecule has 0 aromatic heterocycles. The Bertz CT molecular complexity index is 698. The first-order chi connectivity index (χ1) is 12.6. The summed E-state index contributed by atoms with van der Waals surface area (Å²) in [7, 11) is 0. The highest BCUT2D eigenvalue weighted by atomic mass is 35.5. The lowest BCUT2D eigenvalue weighted by Crippen LogP contribution is -2.45. The molecule has 2 aromatic carbocycles. The number of esters is 1. The number of hydrogen-bond donors (Lipinski definition) is 1. The number of para-hydroxylation sites is 1. The first-order valence-corrected chi connectivity index (χ1v) is 8.97. The average molecular weight is 392 g/mol. The van der Waals surface area contributed by atoms with Gasteiger partial charge < -0.3 is 19.9 Å². The van der Waals surface area contributed by atoms with Crippen LogP contribution in [-0.4, -0.2) is 36.9 Å². The highest BCUT2D eigenvalue weighted by Gasteiger charge is 2.35. The molecule has 0 radical (unpaired) electrons. The molecule has 2 N–H and O–H groups in total. The highest BCUT2D eigenvalue weighted by molar-refractivity contribution is 5.85. The fourth-order valence-electron chi connectivity index (χ4n) is 3.05. The van der Waals surface area contributed by atoms with Crippen LogP contribution in [0, 0.1) is 0 Å². The number of nitrogens with two attached hydrogens (primary N) is 1. The van der Waals surface area contributed by atoms with Crippen LogP contribution >= 0.6 is 12.4 Å². The van der Waals surface area contributed by atoms with Crippen molar-refractivity contribution in [2.24, 2.45) is 5.73 Å². The van der Waals surface area contributed by atoms with Crippen LogP contribution in [0.25, 0.3) is 0 Å². The second kappa shape index (κ2) is 10.3. The van der Waals surface area contributed by atoms with Crippen molar-refractivity contribution in [3.63, 3.8) is 0 Å². The van der Waals surface area contributed by atoms with E-state index in [2.05, 4.69) is 12.1 Å². The zero-order chi connectivity index (χ0) is 18.4. The molecule has 1 heterocycles. The maximum atomic E-state index is 12.1. The molecule has 4 atom stereocenters. The van der Waals surface area contributed by atoms with Crippen LogP contribution in [0.4, 0.5) is 0 Å². The van der Waals surface area contributed by atoms with Gasteiger partial charge in [0.25, 0.3) is 0 Å². The third-order valence-corrected chi connectivity index (χ3v) is 4.49. The standard InChI is InChI=1S/C21H25NO4.ClH/c1-15-20(26-17-10-6-3-7-11-17)19(14-16-8-4-2-5-9-16)24-13-12-18(22)21(23)25-15;/h2-11,15,18-20H,12-14,22H2,1H3;1H/t15-,18-,19+,20-;/m0./s1. The van der Waals surface area contributed by atoms with E-state index in [1.54, 1.807) is 0 Å². The van der Waals surface area contributed by atoms with Gasteiger partial charge in [-0.2, -0.15) is 0 Å². The molecule has 1 saturated heterocycles. The summed E-state index contributed by atoms with van der Waals surface area (Å²) in [4.78, 5) is 12.1. The predicted molar refractivity (Wildman–Crippen MR) is 106 cm³/mol. The van der Waals surface area contributed by atoms with E-state index in [0.29, 0.717) is 25.2 Å². The molecule has 5 nitrogen and oxygen atoms in total. The van der Waals surface area contributed by atoms with Gasteiger partial charge in [0.15, 0.2) is 6.10 Å². The lowest BCUT2D eigenvalue weighted by molar-refractivity contribution is -0.156. The lowest BCUT2D eigenvalue weighted by Gasteiger charge is -2.31. The molecule has 1 fully saturated rings. The van der Waals surface area contributed by atoms with Crippen molar-refractivity contribution in [3.8, 4) is 5.75 Å². The Morgan fingerprint density at radius 3 is 2.37 bits per heavy atom. The molecule has 0 bridgehead atoms. The first-order valence-electron chi connectivity index (χ1n) is 8.97. The van der Waals surface area contributed by atoms with Gasteiger partial charge in [-0.1, -0.05) is 48.5 Å². The molecule has 0 aliphatic carbocycles. The molecular formula is C21H26ClNO4. The summed E-state index contributed by atoms with van der Waals surface area (Å²) >= 11 is 0. The number of cyclic esters (lactones) is 1. The van der Waals surface area contributed by atoms with Crippen LogP contribution in [-0.2, 0) is 20.7 Å². The molecule has 1 aliphatic heterocycles. The van der Waals surface area contributed by atoms with Gasteiger partial charge in [-0.3, -0.25) is 4.79 Å². The number of halogens is 1. The van der Waals surface area contributed by atoms with E-state index in [-0.39, 0.29) is 18.5 Å². The molecule has 0 saturated carbocycles. The molecule has 146 valence electrons. The van der Waals surface area contributed by atoms with E-state index < -0.39 is 24.2 Å². The third kappa shape index (κ3) is 5.96. The lowest BCUT2D eigenvalue weighted by atomic mass is 10.0. The fourth-order valence-corrected chi connectivity index (χ4v) is 3.05. The second-order valence-electron chi connectivity index (χ2n) is 6.53. The molecule has 0 amide bonds. The second-order valence-corrected chi connectivity index (χ2v) is 6.53. The molecule has 6 heteroatoms. The Kier molecular flexibility index (Phi) is 8.10. The van der Waals surface area contributed by atoms with Crippen molar-refractivity contribution in [1.82, 2.24) is 0 Å². The van der Waals surface area contributed by atoms with Gasteiger partial charge >= 0.3 is 5.97 Å². The summed E-state index contributed by atoms with van der Waals surface area (Å²) in [5.41, 5.74) is 7.02. The molecule has 27 heavy (non-hydrogen) atoms. The van der Waals surface area contributed by atoms with Gasteiger partial charge in [0.05, 0.1) is 0 Å². The molecular weight excluding hydrogens is 366 g/mol. The van der Waals surface area contributed by atoms with E-state index in [1.165, 1.54) is 0 Å².